The first kappa shape index (κ1) is 11.9. The third kappa shape index (κ3) is 1.81. The zero-order valence-corrected chi connectivity index (χ0v) is 10.3. The normalized spacial score (nSPS) is 10.7. The first-order valence-electron chi connectivity index (χ1n) is 5.76. The second-order valence-electron chi connectivity index (χ2n) is 3.95. The Morgan fingerprint density at radius 3 is 1.33 bits per heavy atom. The Hall–Kier alpha value is -1.18. The Bertz CT molecular complexity index is 289. The summed E-state index contributed by atoms with van der Waals surface area (Å²) in [5, 5.41) is 0. The zero-order chi connectivity index (χ0) is 11.6. The smallest absolute Gasteiger partial charge is 0.0402 e. The number of hydrogen-bond acceptors (Lipinski definition) is 2. The van der Waals surface area contributed by atoms with Crippen molar-refractivity contribution in [2.75, 3.05) is 11.5 Å². The van der Waals surface area contributed by atoms with Crippen LogP contribution in [-0.2, 0) is 19.3 Å². The molecule has 0 saturated carbocycles. The predicted octanol–water partition coefficient (Wildman–Crippen LogP) is 2.85. The number of rotatable bonds is 3. The van der Waals surface area contributed by atoms with Crippen molar-refractivity contribution in [1.82, 2.24) is 0 Å². The van der Waals surface area contributed by atoms with Crippen molar-refractivity contribution in [1.29, 1.82) is 0 Å². The molecule has 1 aromatic carbocycles. The molecule has 0 spiro atoms. The van der Waals surface area contributed by atoms with Crippen molar-refractivity contribution in [2.24, 2.45) is 0 Å². The van der Waals surface area contributed by atoms with Crippen LogP contribution in [0.1, 0.15) is 43.0 Å². The molecule has 0 unspecified atom stereocenters. The summed E-state index contributed by atoms with van der Waals surface area (Å²) in [5.41, 5.74) is 19.1. The van der Waals surface area contributed by atoms with Crippen molar-refractivity contribution in [3.8, 4) is 0 Å². The molecule has 15 heavy (non-hydrogen) atoms. The zero-order valence-electron chi connectivity index (χ0n) is 10.3. The largest absolute Gasteiger partial charge is 0.398 e. The summed E-state index contributed by atoms with van der Waals surface area (Å²) in [7, 11) is 0. The van der Waals surface area contributed by atoms with E-state index in [0.29, 0.717) is 0 Å². The molecule has 2 nitrogen and oxygen atoms in total. The SMILES string of the molecule is CCc1c(C)c(CC)c(N)c(CC)c1N. The monoisotopic (exact) mass is 206 g/mol. The molecule has 0 amide bonds. The Kier molecular flexibility index (Phi) is 3.61. The van der Waals surface area contributed by atoms with Crippen LogP contribution in [-0.4, -0.2) is 0 Å². The van der Waals surface area contributed by atoms with Gasteiger partial charge in [-0.3, -0.25) is 0 Å². The van der Waals surface area contributed by atoms with E-state index in [0.717, 1.165) is 36.2 Å². The van der Waals surface area contributed by atoms with Crippen LogP contribution in [0.4, 0.5) is 11.4 Å². The van der Waals surface area contributed by atoms with E-state index in [1.807, 2.05) is 0 Å². The van der Waals surface area contributed by atoms with Gasteiger partial charge in [-0.25, -0.2) is 0 Å². The maximum absolute atomic E-state index is 6.15. The van der Waals surface area contributed by atoms with Gasteiger partial charge in [0.1, 0.15) is 0 Å². The van der Waals surface area contributed by atoms with Gasteiger partial charge < -0.3 is 11.5 Å². The topological polar surface area (TPSA) is 52.0 Å². The molecular weight excluding hydrogens is 184 g/mol. The Balaban J connectivity index is 3.57. The second-order valence-corrected chi connectivity index (χ2v) is 3.95. The van der Waals surface area contributed by atoms with Crippen LogP contribution >= 0.6 is 0 Å². The molecule has 0 aliphatic carbocycles. The minimum atomic E-state index is 0.909. The van der Waals surface area contributed by atoms with E-state index in [1.165, 1.54) is 16.7 Å². The highest BCUT2D eigenvalue weighted by atomic mass is 14.6. The minimum Gasteiger partial charge on any atom is -0.398 e. The lowest BCUT2D eigenvalue weighted by molar-refractivity contribution is 1.02. The molecule has 0 saturated heterocycles. The van der Waals surface area contributed by atoms with E-state index in [1.54, 1.807) is 0 Å². The summed E-state index contributed by atoms with van der Waals surface area (Å²) < 4.78 is 0. The summed E-state index contributed by atoms with van der Waals surface area (Å²) in [6.45, 7) is 8.53. The predicted molar refractivity (Wildman–Crippen MR) is 68.1 cm³/mol. The van der Waals surface area contributed by atoms with E-state index < -0.39 is 0 Å². The van der Waals surface area contributed by atoms with Crippen molar-refractivity contribution in [2.45, 2.75) is 47.0 Å². The number of nitrogens with two attached hydrogens (primary N) is 2. The maximum atomic E-state index is 6.15. The molecule has 0 atom stereocenters. The van der Waals surface area contributed by atoms with Gasteiger partial charge in [-0.2, -0.15) is 0 Å². The van der Waals surface area contributed by atoms with Gasteiger partial charge in [-0.15, -0.1) is 0 Å². The van der Waals surface area contributed by atoms with Gasteiger partial charge in [0.2, 0.25) is 0 Å². The quantitative estimate of drug-likeness (QED) is 0.747. The van der Waals surface area contributed by atoms with Gasteiger partial charge in [0.15, 0.2) is 0 Å². The summed E-state index contributed by atoms with van der Waals surface area (Å²) in [5.74, 6) is 0. The second kappa shape index (κ2) is 4.56. The molecule has 2 heteroatoms. The molecule has 0 bridgehead atoms. The van der Waals surface area contributed by atoms with Crippen LogP contribution in [0, 0.1) is 6.92 Å². The fraction of sp³-hybridized carbons (Fsp3) is 0.538. The summed E-state index contributed by atoms with van der Waals surface area (Å²) in [6.07, 6.45) is 2.88. The van der Waals surface area contributed by atoms with Crippen LogP contribution < -0.4 is 11.5 Å². The third-order valence-corrected chi connectivity index (χ3v) is 3.27. The highest BCUT2D eigenvalue weighted by Crippen LogP contribution is 2.33. The fourth-order valence-corrected chi connectivity index (χ4v) is 2.39. The molecule has 0 radical (unpaired) electrons. The van der Waals surface area contributed by atoms with Gasteiger partial charge in [0.25, 0.3) is 0 Å². The number of nitrogen functional groups attached to an aromatic ring is 2. The van der Waals surface area contributed by atoms with Crippen LogP contribution in [0.2, 0.25) is 0 Å². The number of anilines is 2. The lowest BCUT2D eigenvalue weighted by Gasteiger charge is -2.19. The van der Waals surface area contributed by atoms with Crippen LogP contribution in [0.5, 0.6) is 0 Å². The molecule has 1 aromatic rings. The van der Waals surface area contributed by atoms with E-state index >= 15 is 0 Å². The first-order valence-corrected chi connectivity index (χ1v) is 5.76. The Labute approximate surface area is 92.7 Å². The van der Waals surface area contributed by atoms with E-state index in [2.05, 4.69) is 27.7 Å². The number of hydrogen-bond donors (Lipinski definition) is 2. The summed E-state index contributed by atoms with van der Waals surface area (Å²) in [6, 6.07) is 0. The lowest BCUT2D eigenvalue weighted by atomic mass is 9.90. The average Bonchev–Trinajstić information content (AvgIpc) is 2.19. The van der Waals surface area contributed by atoms with Crippen molar-refractivity contribution in [3.63, 3.8) is 0 Å². The third-order valence-electron chi connectivity index (χ3n) is 3.27. The standard InChI is InChI=1S/C13H22N2/c1-5-9-8(4)10(6-2)13(15)11(7-3)12(9)14/h5-7,14-15H2,1-4H3. The summed E-state index contributed by atoms with van der Waals surface area (Å²) >= 11 is 0. The Morgan fingerprint density at radius 2 is 1.07 bits per heavy atom. The summed E-state index contributed by atoms with van der Waals surface area (Å²) in [4.78, 5) is 0. The molecule has 4 N–H and O–H groups in total. The minimum absolute atomic E-state index is 0.909. The molecule has 0 aliphatic heterocycles. The van der Waals surface area contributed by atoms with Crippen LogP contribution in [0.3, 0.4) is 0 Å². The van der Waals surface area contributed by atoms with E-state index in [-0.39, 0.29) is 0 Å². The Morgan fingerprint density at radius 1 is 0.733 bits per heavy atom. The molecule has 0 heterocycles. The average molecular weight is 206 g/mol. The van der Waals surface area contributed by atoms with Crippen molar-refractivity contribution >= 4 is 11.4 Å². The number of benzene rings is 1. The van der Waals surface area contributed by atoms with Crippen molar-refractivity contribution < 1.29 is 0 Å². The molecule has 0 fully saturated rings. The van der Waals surface area contributed by atoms with Crippen LogP contribution in [0.15, 0.2) is 0 Å². The molecular formula is C13H22N2. The maximum Gasteiger partial charge on any atom is 0.0402 e. The van der Waals surface area contributed by atoms with Gasteiger partial charge in [0.05, 0.1) is 0 Å². The molecule has 0 aliphatic rings. The van der Waals surface area contributed by atoms with E-state index in [9.17, 15) is 0 Å². The highest BCUT2D eigenvalue weighted by molar-refractivity contribution is 5.72. The molecule has 84 valence electrons. The van der Waals surface area contributed by atoms with Crippen LogP contribution in [0.25, 0.3) is 0 Å². The first-order chi connectivity index (χ1) is 7.08. The van der Waals surface area contributed by atoms with Gasteiger partial charge in [-0.05, 0) is 48.4 Å². The van der Waals surface area contributed by atoms with Crippen molar-refractivity contribution in [3.05, 3.63) is 22.3 Å². The molecule has 1 rings (SSSR count). The van der Waals surface area contributed by atoms with Gasteiger partial charge in [-0.1, -0.05) is 20.8 Å². The van der Waals surface area contributed by atoms with Gasteiger partial charge >= 0.3 is 0 Å². The van der Waals surface area contributed by atoms with Gasteiger partial charge in [0, 0.05) is 11.4 Å². The van der Waals surface area contributed by atoms with E-state index in [4.69, 9.17) is 11.5 Å². The lowest BCUT2D eigenvalue weighted by Crippen LogP contribution is -2.09. The fourth-order valence-electron chi connectivity index (χ4n) is 2.39. The highest BCUT2D eigenvalue weighted by Gasteiger charge is 2.14. The molecule has 0 aromatic heterocycles.